The lowest BCUT2D eigenvalue weighted by atomic mass is 9.95. The monoisotopic (exact) mass is 499 g/mol. The Kier molecular flexibility index (Phi) is 5.86. The maximum absolute atomic E-state index is 13.8. The van der Waals surface area contributed by atoms with Crippen LogP contribution < -0.4 is 10.5 Å². The van der Waals surface area contributed by atoms with Crippen LogP contribution in [0.2, 0.25) is 5.02 Å². The first-order valence-electron chi connectivity index (χ1n) is 11.3. The highest BCUT2D eigenvalue weighted by atomic mass is 35.5. The van der Waals surface area contributed by atoms with Gasteiger partial charge >= 0.3 is 0 Å². The molecular weight excluding hydrogens is 478 g/mol. The average Bonchev–Trinajstić information content (AvgIpc) is 3.28. The number of aliphatic hydroxyl groups excluding tert-OH is 1. The summed E-state index contributed by atoms with van der Waals surface area (Å²) in [6.07, 6.45) is 0. The number of ketones is 1. The zero-order valence-corrected chi connectivity index (χ0v) is 20.3. The largest absolute Gasteiger partial charge is 0.507 e. The molecule has 0 spiro atoms. The first-order chi connectivity index (χ1) is 17.3. The highest BCUT2D eigenvalue weighted by Crippen LogP contribution is 2.42. The van der Waals surface area contributed by atoms with Crippen LogP contribution in [-0.2, 0) is 16.6 Å². The van der Waals surface area contributed by atoms with E-state index >= 15 is 0 Å². The van der Waals surface area contributed by atoms with Gasteiger partial charge in [0.15, 0.2) is 0 Å². The van der Waals surface area contributed by atoms with E-state index in [4.69, 9.17) is 11.6 Å². The molecule has 0 bridgehead atoms. The summed E-state index contributed by atoms with van der Waals surface area (Å²) in [5, 5.41) is 11.7. The van der Waals surface area contributed by atoms with Crippen molar-refractivity contribution in [1.82, 2.24) is 9.36 Å². The minimum atomic E-state index is -1.00. The minimum Gasteiger partial charge on any atom is -0.507 e. The number of aromatic nitrogens is 2. The Balaban J connectivity index is 1.77. The van der Waals surface area contributed by atoms with Crippen LogP contribution in [0.5, 0.6) is 0 Å². The molecule has 1 aliphatic rings. The lowest BCUT2D eigenvalue weighted by molar-refractivity contribution is -0.132. The van der Waals surface area contributed by atoms with Gasteiger partial charge in [-0.25, -0.2) is 4.68 Å². The van der Waals surface area contributed by atoms with Gasteiger partial charge in [0, 0.05) is 17.6 Å². The number of hydrogen-bond donors (Lipinski definition) is 1. The van der Waals surface area contributed by atoms with Crippen LogP contribution in [0.3, 0.4) is 0 Å². The molecule has 2 heterocycles. The average molecular weight is 500 g/mol. The van der Waals surface area contributed by atoms with Gasteiger partial charge in [0.1, 0.15) is 11.4 Å². The molecule has 7 nitrogen and oxygen atoms in total. The standard InChI is InChI=1S/C28H22ClN3O4/c1-17-23(27(35)32(30(17)2)21-11-7-4-8-12-21)31-24(18-9-5-3-6-10-18)22(26(34)28(31)36)25(33)19-13-15-20(29)16-14-19/h3-16,24,33H,1-2H3/t24-/m0/s1. The molecule has 1 amide bonds. The van der Waals surface area contributed by atoms with E-state index in [1.807, 2.05) is 24.3 Å². The van der Waals surface area contributed by atoms with Gasteiger partial charge in [-0.2, -0.15) is 0 Å². The molecule has 0 saturated carbocycles. The smallest absolute Gasteiger partial charge is 0.300 e. The molecule has 1 fully saturated rings. The van der Waals surface area contributed by atoms with Gasteiger partial charge in [0.25, 0.3) is 17.2 Å². The quantitative estimate of drug-likeness (QED) is 0.249. The zero-order chi connectivity index (χ0) is 25.6. The molecule has 5 rings (SSSR count). The van der Waals surface area contributed by atoms with Gasteiger partial charge in [-0.05, 0) is 48.9 Å². The predicted molar refractivity (Wildman–Crippen MR) is 138 cm³/mol. The molecule has 180 valence electrons. The van der Waals surface area contributed by atoms with Crippen molar-refractivity contribution in [2.45, 2.75) is 13.0 Å². The summed E-state index contributed by atoms with van der Waals surface area (Å²) in [4.78, 5) is 41.9. The van der Waals surface area contributed by atoms with Crippen molar-refractivity contribution in [1.29, 1.82) is 0 Å². The van der Waals surface area contributed by atoms with Crippen molar-refractivity contribution in [3.63, 3.8) is 0 Å². The van der Waals surface area contributed by atoms with Gasteiger partial charge in [0.2, 0.25) is 0 Å². The molecule has 1 N–H and O–H groups in total. The third kappa shape index (κ3) is 3.65. The van der Waals surface area contributed by atoms with E-state index in [-0.39, 0.29) is 17.0 Å². The summed E-state index contributed by atoms with van der Waals surface area (Å²) in [6, 6.07) is 23.2. The molecule has 1 aromatic heterocycles. The number of aliphatic hydroxyl groups is 1. The summed E-state index contributed by atoms with van der Waals surface area (Å²) >= 11 is 5.99. The second kappa shape index (κ2) is 9.02. The molecule has 0 aliphatic carbocycles. The van der Waals surface area contributed by atoms with Crippen molar-refractivity contribution in [2.24, 2.45) is 7.05 Å². The number of Topliss-reactive ketones (excluding diaryl/α,β-unsaturated/α-hetero) is 1. The van der Waals surface area contributed by atoms with Crippen LogP contribution in [0.25, 0.3) is 11.4 Å². The molecular formula is C28H22ClN3O4. The topological polar surface area (TPSA) is 84.5 Å². The molecule has 1 aliphatic heterocycles. The maximum atomic E-state index is 13.8. The molecule has 36 heavy (non-hydrogen) atoms. The first-order valence-corrected chi connectivity index (χ1v) is 11.6. The fourth-order valence-electron chi connectivity index (χ4n) is 4.61. The van der Waals surface area contributed by atoms with E-state index < -0.39 is 23.3 Å². The van der Waals surface area contributed by atoms with Gasteiger partial charge in [-0.1, -0.05) is 60.1 Å². The van der Waals surface area contributed by atoms with Crippen LogP contribution in [0.1, 0.15) is 22.9 Å². The SMILES string of the molecule is Cc1c(N2C(=O)C(=O)C(=C(O)c3ccc(Cl)cc3)[C@@H]2c2ccccc2)c(=O)n(-c2ccccc2)n1C. The number of para-hydroxylation sites is 1. The Morgan fingerprint density at radius 3 is 2.06 bits per heavy atom. The number of hydrogen-bond acceptors (Lipinski definition) is 4. The van der Waals surface area contributed by atoms with Crippen molar-refractivity contribution in [2.75, 3.05) is 4.90 Å². The Morgan fingerprint density at radius 1 is 0.861 bits per heavy atom. The van der Waals surface area contributed by atoms with E-state index in [0.29, 0.717) is 27.5 Å². The first kappa shape index (κ1) is 23.4. The fourth-order valence-corrected chi connectivity index (χ4v) is 4.73. The van der Waals surface area contributed by atoms with Crippen molar-refractivity contribution in [3.8, 4) is 5.69 Å². The maximum Gasteiger partial charge on any atom is 0.300 e. The molecule has 1 atom stereocenters. The number of amides is 1. The van der Waals surface area contributed by atoms with Gasteiger partial charge < -0.3 is 5.11 Å². The molecule has 1 saturated heterocycles. The number of benzene rings is 3. The molecule has 0 radical (unpaired) electrons. The van der Waals surface area contributed by atoms with Crippen LogP contribution >= 0.6 is 11.6 Å². The van der Waals surface area contributed by atoms with E-state index in [9.17, 15) is 19.5 Å². The van der Waals surface area contributed by atoms with Crippen LogP contribution in [0.4, 0.5) is 5.69 Å². The molecule has 3 aromatic carbocycles. The van der Waals surface area contributed by atoms with Gasteiger partial charge in [-0.15, -0.1) is 0 Å². The van der Waals surface area contributed by atoms with Gasteiger partial charge in [0.05, 0.1) is 23.0 Å². The number of halogens is 1. The third-order valence-corrected chi connectivity index (χ3v) is 6.69. The predicted octanol–water partition coefficient (Wildman–Crippen LogP) is 4.76. The Labute approximate surface area is 212 Å². The normalized spacial score (nSPS) is 17.1. The highest BCUT2D eigenvalue weighted by molar-refractivity contribution is 6.51. The summed E-state index contributed by atoms with van der Waals surface area (Å²) in [7, 11) is 1.72. The summed E-state index contributed by atoms with van der Waals surface area (Å²) in [5.41, 5.74) is 1.57. The van der Waals surface area contributed by atoms with E-state index in [1.54, 1.807) is 79.3 Å². The molecule has 8 heteroatoms. The zero-order valence-electron chi connectivity index (χ0n) is 19.6. The van der Waals surface area contributed by atoms with Crippen LogP contribution in [-0.4, -0.2) is 26.2 Å². The lowest BCUT2D eigenvalue weighted by Gasteiger charge is -2.24. The van der Waals surface area contributed by atoms with E-state index in [1.165, 1.54) is 9.58 Å². The number of carbonyl (C=O) groups is 2. The summed E-state index contributed by atoms with van der Waals surface area (Å²) in [5.74, 6) is -2.09. The number of anilines is 1. The van der Waals surface area contributed by atoms with Crippen molar-refractivity contribution in [3.05, 3.63) is 123 Å². The molecule has 0 unspecified atom stereocenters. The molecule has 4 aromatic rings. The summed E-state index contributed by atoms with van der Waals surface area (Å²) in [6.45, 7) is 1.72. The third-order valence-electron chi connectivity index (χ3n) is 6.44. The highest BCUT2D eigenvalue weighted by Gasteiger charge is 2.49. The van der Waals surface area contributed by atoms with E-state index in [2.05, 4.69) is 0 Å². The second-order valence-corrected chi connectivity index (χ2v) is 8.93. The minimum absolute atomic E-state index is 0.0764. The van der Waals surface area contributed by atoms with Crippen molar-refractivity contribution >= 4 is 34.7 Å². The lowest BCUT2D eigenvalue weighted by Crippen LogP contribution is -2.34. The summed E-state index contributed by atoms with van der Waals surface area (Å²) < 4.78 is 3.10. The van der Waals surface area contributed by atoms with Crippen molar-refractivity contribution < 1.29 is 14.7 Å². The Hall–Kier alpha value is -4.36. The number of nitrogens with zero attached hydrogens (tertiary/aromatic N) is 3. The van der Waals surface area contributed by atoms with E-state index in [0.717, 1.165) is 0 Å². The fraction of sp³-hybridized carbons (Fsp3) is 0.107. The van der Waals surface area contributed by atoms with Crippen LogP contribution in [0.15, 0.2) is 95.3 Å². The number of rotatable bonds is 4. The van der Waals surface area contributed by atoms with Gasteiger partial charge in [-0.3, -0.25) is 24.0 Å². The van der Waals surface area contributed by atoms with Crippen LogP contribution in [0, 0.1) is 6.92 Å². The number of carbonyl (C=O) groups excluding carboxylic acids is 2. The Bertz CT molecular complexity index is 1570. The Morgan fingerprint density at radius 2 is 1.44 bits per heavy atom. The second-order valence-electron chi connectivity index (χ2n) is 8.50.